The quantitative estimate of drug-likeness (QED) is 0.214. The first-order valence-electron chi connectivity index (χ1n) is 10.8. The van der Waals surface area contributed by atoms with E-state index >= 15 is 0 Å². The first-order valence-corrected chi connectivity index (χ1v) is 10.8. The Morgan fingerprint density at radius 1 is 1.03 bits per heavy atom. The normalized spacial score (nSPS) is 12.1. The zero-order valence-electron chi connectivity index (χ0n) is 18.9. The first kappa shape index (κ1) is 25.9. The van der Waals surface area contributed by atoms with Crippen molar-refractivity contribution in [3.05, 3.63) is 90.0 Å². The van der Waals surface area contributed by atoms with E-state index in [1.807, 2.05) is 36.7 Å². The van der Waals surface area contributed by atoms with Crippen molar-refractivity contribution >= 4 is 29.9 Å². The molecule has 0 aliphatic heterocycles. The smallest absolute Gasteiger partial charge is 0.191 e. The molecule has 0 saturated heterocycles. The topological polar surface area (TPSA) is 63.5 Å². The number of ether oxygens (including phenoxy) is 1. The van der Waals surface area contributed by atoms with Gasteiger partial charge in [0.05, 0.1) is 19.8 Å². The molecule has 3 aromatic rings. The molecule has 6 nitrogen and oxygen atoms in total. The van der Waals surface area contributed by atoms with Crippen LogP contribution in [0.1, 0.15) is 23.9 Å². The molecule has 0 spiro atoms. The minimum atomic E-state index is 0. The van der Waals surface area contributed by atoms with Gasteiger partial charge in [0.25, 0.3) is 0 Å². The van der Waals surface area contributed by atoms with Crippen molar-refractivity contribution in [2.75, 3.05) is 20.2 Å². The maximum Gasteiger partial charge on any atom is 0.191 e. The molecule has 2 N–H and O–H groups in total. The van der Waals surface area contributed by atoms with Gasteiger partial charge in [0.2, 0.25) is 0 Å². The lowest BCUT2D eigenvalue weighted by Gasteiger charge is -2.16. The second-order valence-electron chi connectivity index (χ2n) is 7.69. The van der Waals surface area contributed by atoms with Crippen LogP contribution >= 0.6 is 24.0 Å². The largest absolute Gasteiger partial charge is 0.376 e. The fraction of sp³-hybridized carbons (Fsp3) is 0.360. The van der Waals surface area contributed by atoms with Crippen molar-refractivity contribution in [3.8, 4) is 0 Å². The van der Waals surface area contributed by atoms with Crippen molar-refractivity contribution in [2.45, 2.75) is 33.0 Å². The Labute approximate surface area is 208 Å². The second-order valence-corrected chi connectivity index (χ2v) is 7.69. The average molecular weight is 547 g/mol. The zero-order chi connectivity index (χ0) is 21.7. The number of aromatic nitrogens is 2. The number of aliphatic imine (C=N–C) groups is 1. The van der Waals surface area contributed by atoms with E-state index in [-0.39, 0.29) is 24.0 Å². The Hall–Kier alpha value is -2.39. The number of guanidine groups is 1. The molecule has 1 atom stereocenters. The maximum absolute atomic E-state index is 5.83. The number of rotatable bonds is 11. The summed E-state index contributed by atoms with van der Waals surface area (Å²) in [5.41, 5.74) is 2.53. The van der Waals surface area contributed by atoms with Crippen LogP contribution in [0.25, 0.3) is 0 Å². The van der Waals surface area contributed by atoms with Gasteiger partial charge < -0.3 is 19.9 Å². The molecule has 1 unspecified atom stereocenters. The maximum atomic E-state index is 5.83. The van der Waals surface area contributed by atoms with Crippen LogP contribution in [0, 0.1) is 5.92 Å². The Bertz CT molecular complexity index is 914. The summed E-state index contributed by atoms with van der Waals surface area (Å²) in [6.07, 6.45) is 4.87. The summed E-state index contributed by atoms with van der Waals surface area (Å²) in [5, 5.41) is 6.74. The van der Waals surface area contributed by atoms with Gasteiger partial charge in [-0.3, -0.25) is 4.99 Å². The van der Waals surface area contributed by atoms with Crippen LogP contribution in [0.15, 0.2) is 78.0 Å². The van der Waals surface area contributed by atoms with Crippen LogP contribution < -0.4 is 10.6 Å². The molecule has 32 heavy (non-hydrogen) atoms. The average Bonchev–Trinajstić information content (AvgIpc) is 3.26. The summed E-state index contributed by atoms with van der Waals surface area (Å²) in [6.45, 7) is 5.83. The van der Waals surface area contributed by atoms with E-state index in [1.165, 1.54) is 11.1 Å². The highest BCUT2D eigenvalue weighted by molar-refractivity contribution is 14.0. The summed E-state index contributed by atoms with van der Waals surface area (Å²) in [6, 6.07) is 20.8. The Balaban J connectivity index is 0.00000363. The summed E-state index contributed by atoms with van der Waals surface area (Å²) in [7, 11) is 1.79. The molecular weight excluding hydrogens is 513 g/mol. The standard InChI is InChI=1S/C25H33N5O.HI/c1-21(19-31-20-23-11-7-4-8-12-23)17-28-25(26-2)29-18-24-27-14-16-30(24)15-13-22-9-5-3-6-10-22;/h3-12,14,16,21H,13,15,17-20H2,1-2H3,(H2,26,28,29);1H. The highest BCUT2D eigenvalue weighted by Crippen LogP contribution is 2.05. The molecule has 2 aromatic carbocycles. The minimum absolute atomic E-state index is 0. The third-order valence-corrected chi connectivity index (χ3v) is 5.06. The van der Waals surface area contributed by atoms with Gasteiger partial charge in [-0.15, -0.1) is 24.0 Å². The molecule has 0 radical (unpaired) electrons. The number of nitrogens with zero attached hydrogens (tertiary/aromatic N) is 3. The number of imidazole rings is 1. The lowest BCUT2D eigenvalue weighted by molar-refractivity contribution is 0.0931. The number of nitrogens with one attached hydrogen (secondary N) is 2. The number of hydrogen-bond acceptors (Lipinski definition) is 3. The molecule has 0 aliphatic carbocycles. The number of aryl methyl sites for hydroxylation is 2. The summed E-state index contributed by atoms with van der Waals surface area (Å²) < 4.78 is 8.02. The molecule has 1 heterocycles. The van der Waals surface area contributed by atoms with E-state index in [4.69, 9.17) is 4.74 Å². The van der Waals surface area contributed by atoms with Crippen molar-refractivity contribution < 1.29 is 4.74 Å². The third-order valence-electron chi connectivity index (χ3n) is 5.06. The minimum Gasteiger partial charge on any atom is -0.376 e. The number of benzene rings is 2. The summed E-state index contributed by atoms with van der Waals surface area (Å²) in [4.78, 5) is 8.82. The zero-order valence-corrected chi connectivity index (χ0v) is 21.2. The lowest BCUT2D eigenvalue weighted by Crippen LogP contribution is -2.40. The molecular formula is C25H34IN5O. The van der Waals surface area contributed by atoms with Gasteiger partial charge in [0.1, 0.15) is 5.82 Å². The summed E-state index contributed by atoms with van der Waals surface area (Å²) in [5.74, 6) is 2.14. The Morgan fingerprint density at radius 3 is 2.41 bits per heavy atom. The van der Waals surface area contributed by atoms with Gasteiger partial charge in [-0.2, -0.15) is 0 Å². The lowest BCUT2D eigenvalue weighted by atomic mass is 10.1. The fourth-order valence-corrected chi connectivity index (χ4v) is 3.27. The van der Waals surface area contributed by atoms with Crippen LogP contribution in [0.5, 0.6) is 0 Å². The molecule has 0 fully saturated rings. The van der Waals surface area contributed by atoms with Crippen LogP contribution in [-0.2, 0) is 30.9 Å². The van der Waals surface area contributed by atoms with E-state index in [0.29, 0.717) is 25.7 Å². The third kappa shape index (κ3) is 9.00. The Morgan fingerprint density at radius 2 is 1.72 bits per heavy atom. The van der Waals surface area contributed by atoms with E-state index in [1.54, 1.807) is 7.05 Å². The molecule has 7 heteroatoms. The molecule has 0 bridgehead atoms. The monoisotopic (exact) mass is 547 g/mol. The van der Waals surface area contributed by atoms with Crippen LogP contribution in [-0.4, -0.2) is 35.7 Å². The van der Waals surface area contributed by atoms with E-state index in [0.717, 1.165) is 31.3 Å². The van der Waals surface area contributed by atoms with E-state index < -0.39 is 0 Å². The highest BCUT2D eigenvalue weighted by atomic mass is 127. The van der Waals surface area contributed by atoms with Crippen molar-refractivity contribution in [1.82, 2.24) is 20.2 Å². The fourth-order valence-electron chi connectivity index (χ4n) is 3.27. The first-order chi connectivity index (χ1) is 15.2. The molecule has 0 saturated carbocycles. The van der Waals surface area contributed by atoms with Crippen molar-refractivity contribution in [3.63, 3.8) is 0 Å². The van der Waals surface area contributed by atoms with Crippen LogP contribution in [0.2, 0.25) is 0 Å². The number of hydrogen-bond donors (Lipinski definition) is 2. The van der Waals surface area contributed by atoms with Crippen molar-refractivity contribution in [1.29, 1.82) is 0 Å². The van der Waals surface area contributed by atoms with Gasteiger partial charge in [0, 0.05) is 32.5 Å². The van der Waals surface area contributed by atoms with Gasteiger partial charge in [-0.25, -0.2) is 4.98 Å². The molecule has 1 aromatic heterocycles. The molecule has 0 amide bonds. The number of halogens is 1. The molecule has 3 rings (SSSR count). The van der Waals surface area contributed by atoms with Crippen LogP contribution in [0.3, 0.4) is 0 Å². The predicted molar refractivity (Wildman–Crippen MR) is 141 cm³/mol. The Kier molecular flexibility index (Phi) is 11.8. The molecule has 0 aliphatic rings. The predicted octanol–water partition coefficient (Wildman–Crippen LogP) is 4.26. The molecule has 172 valence electrons. The highest BCUT2D eigenvalue weighted by Gasteiger charge is 2.07. The van der Waals surface area contributed by atoms with Crippen LogP contribution in [0.4, 0.5) is 0 Å². The van der Waals surface area contributed by atoms with E-state index in [9.17, 15) is 0 Å². The van der Waals surface area contributed by atoms with E-state index in [2.05, 4.69) is 68.5 Å². The van der Waals surface area contributed by atoms with Gasteiger partial charge in [-0.05, 0) is 23.5 Å². The van der Waals surface area contributed by atoms with Gasteiger partial charge in [0.15, 0.2) is 5.96 Å². The SMILES string of the molecule is CN=C(NCc1nccn1CCc1ccccc1)NCC(C)COCc1ccccc1.I. The van der Waals surface area contributed by atoms with Gasteiger partial charge in [-0.1, -0.05) is 67.6 Å². The van der Waals surface area contributed by atoms with Gasteiger partial charge >= 0.3 is 0 Å². The summed E-state index contributed by atoms with van der Waals surface area (Å²) >= 11 is 0. The van der Waals surface area contributed by atoms with Crippen molar-refractivity contribution in [2.24, 2.45) is 10.9 Å². The second kappa shape index (κ2) is 14.6.